The molecule has 20 heavy (non-hydrogen) atoms. The number of rotatable bonds is 6. The van der Waals surface area contributed by atoms with Crippen LogP contribution in [0.5, 0.6) is 5.75 Å². The Morgan fingerprint density at radius 2 is 1.95 bits per heavy atom. The van der Waals surface area contributed by atoms with Gasteiger partial charge in [0.05, 0.1) is 7.11 Å². The molecule has 1 heterocycles. The van der Waals surface area contributed by atoms with Crippen molar-refractivity contribution >= 4 is 0 Å². The molecule has 2 rings (SSSR count). The van der Waals surface area contributed by atoms with E-state index >= 15 is 0 Å². The first-order chi connectivity index (χ1) is 9.69. The number of nitrogens with one attached hydrogen (secondary N) is 1. The number of benzene rings is 1. The maximum atomic E-state index is 5.55. The maximum absolute atomic E-state index is 5.55. The van der Waals surface area contributed by atoms with E-state index in [1.54, 1.807) is 7.11 Å². The highest BCUT2D eigenvalue weighted by Crippen LogP contribution is 2.22. The lowest BCUT2D eigenvalue weighted by molar-refractivity contribution is 0.220. The predicted molar refractivity (Wildman–Crippen MR) is 84.1 cm³/mol. The predicted octanol–water partition coefficient (Wildman–Crippen LogP) is 3.18. The first-order valence-corrected chi connectivity index (χ1v) is 7.80. The second kappa shape index (κ2) is 7.65. The number of likely N-dealkylation sites (tertiary alicyclic amines) is 1. The van der Waals surface area contributed by atoms with Gasteiger partial charge in [-0.3, -0.25) is 4.90 Å². The molecule has 1 aliphatic heterocycles. The minimum absolute atomic E-state index is 0.493. The minimum Gasteiger partial charge on any atom is -0.496 e. The van der Waals surface area contributed by atoms with Crippen LogP contribution in [-0.4, -0.2) is 31.1 Å². The third-order valence-electron chi connectivity index (χ3n) is 3.91. The summed E-state index contributed by atoms with van der Waals surface area (Å²) in [4.78, 5) is 2.55. The standard InChI is InChI=1S/C17H28N2O/c1-14(2)18-12-16-8-7-15(11-17(16)20-3)13-19-9-5-4-6-10-19/h7-8,11,14,18H,4-6,9-10,12-13H2,1-3H3. The zero-order chi connectivity index (χ0) is 14.4. The fraction of sp³-hybridized carbons (Fsp3) is 0.647. The first kappa shape index (κ1) is 15.3. The molecule has 3 nitrogen and oxygen atoms in total. The van der Waals surface area contributed by atoms with E-state index in [1.807, 2.05) is 0 Å². The van der Waals surface area contributed by atoms with Crippen LogP contribution in [0.1, 0.15) is 44.2 Å². The normalized spacial score (nSPS) is 16.6. The highest BCUT2D eigenvalue weighted by molar-refractivity contribution is 5.37. The zero-order valence-corrected chi connectivity index (χ0v) is 13.1. The highest BCUT2D eigenvalue weighted by Gasteiger charge is 2.12. The van der Waals surface area contributed by atoms with Gasteiger partial charge in [-0.15, -0.1) is 0 Å². The summed E-state index contributed by atoms with van der Waals surface area (Å²) < 4.78 is 5.55. The smallest absolute Gasteiger partial charge is 0.123 e. The number of hydrogen-bond donors (Lipinski definition) is 1. The molecule has 0 bridgehead atoms. The molecule has 0 aliphatic carbocycles. The van der Waals surface area contributed by atoms with Gasteiger partial charge >= 0.3 is 0 Å². The summed E-state index contributed by atoms with van der Waals surface area (Å²) in [5.41, 5.74) is 2.60. The molecule has 0 spiro atoms. The molecule has 0 aromatic heterocycles. The van der Waals surface area contributed by atoms with Crippen LogP contribution < -0.4 is 10.1 Å². The molecule has 1 aromatic rings. The molecule has 1 aliphatic rings. The van der Waals surface area contributed by atoms with Crippen molar-refractivity contribution in [3.8, 4) is 5.75 Å². The fourth-order valence-electron chi connectivity index (χ4n) is 2.72. The highest BCUT2D eigenvalue weighted by atomic mass is 16.5. The lowest BCUT2D eigenvalue weighted by Crippen LogP contribution is -2.29. The van der Waals surface area contributed by atoms with Crippen molar-refractivity contribution in [1.29, 1.82) is 0 Å². The van der Waals surface area contributed by atoms with Gasteiger partial charge < -0.3 is 10.1 Å². The Bertz CT molecular complexity index is 411. The van der Waals surface area contributed by atoms with Gasteiger partial charge in [0.1, 0.15) is 5.75 Å². The van der Waals surface area contributed by atoms with Crippen LogP contribution in [-0.2, 0) is 13.1 Å². The molecule has 3 heteroatoms. The van der Waals surface area contributed by atoms with E-state index < -0.39 is 0 Å². The number of hydrogen-bond acceptors (Lipinski definition) is 3. The third kappa shape index (κ3) is 4.50. The fourth-order valence-corrected chi connectivity index (χ4v) is 2.72. The average molecular weight is 276 g/mol. The van der Waals surface area contributed by atoms with Crippen LogP contribution in [0.25, 0.3) is 0 Å². The van der Waals surface area contributed by atoms with Crippen molar-refractivity contribution in [2.45, 2.75) is 52.2 Å². The van der Waals surface area contributed by atoms with Crippen molar-refractivity contribution in [2.75, 3.05) is 20.2 Å². The number of nitrogens with zero attached hydrogens (tertiary/aromatic N) is 1. The first-order valence-electron chi connectivity index (χ1n) is 7.80. The van der Waals surface area contributed by atoms with Crippen LogP contribution in [0.4, 0.5) is 0 Å². The van der Waals surface area contributed by atoms with Crippen molar-refractivity contribution < 1.29 is 4.74 Å². The van der Waals surface area contributed by atoms with Crippen LogP contribution in [0.2, 0.25) is 0 Å². The Balaban J connectivity index is 2.00. The van der Waals surface area contributed by atoms with Gasteiger partial charge in [-0.05, 0) is 37.6 Å². The molecule has 112 valence electrons. The molecule has 1 saturated heterocycles. The lowest BCUT2D eigenvalue weighted by atomic mass is 10.1. The van der Waals surface area contributed by atoms with E-state index in [4.69, 9.17) is 4.74 Å². The van der Waals surface area contributed by atoms with E-state index in [0.717, 1.165) is 18.8 Å². The summed E-state index contributed by atoms with van der Waals surface area (Å²) in [6.07, 6.45) is 4.07. The van der Waals surface area contributed by atoms with Gasteiger partial charge in [0.2, 0.25) is 0 Å². The van der Waals surface area contributed by atoms with Gasteiger partial charge in [-0.2, -0.15) is 0 Å². The SMILES string of the molecule is COc1cc(CN2CCCCC2)ccc1CNC(C)C. The largest absolute Gasteiger partial charge is 0.496 e. The zero-order valence-electron chi connectivity index (χ0n) is 13.1. The summed E-state index contributed by atoms with van der Waals surface area (Å²) in [7, 11) is 1.76. The van der Waals surface area contributed by atoms with Crippen LogP contribution >= 0.6 is 0 Å². The van der Waals surface area contributed by atoms with Crippen molar-refractivity contribution in [1.82, 2.24) is 10.2 Å². The maximum Gasteiger partial charge on any atom is 0.123 e. The van der Waals surface area contributed by atoms with E-state index in [1.165, 1.54) is 43.5 Å². The molecule has 1 fully saturated rings. The van der Waals surface area contributed by atoms with Gasteiger partial charge in [0.25, 0.3) is 0 Å². The van der Waals surface area contributed by atoms with Crippen molar-refractivity contribution in [3.05, 3.63) is 29.3 Å². The molecule has 0 saturated carbocycles. The van der Waals surface area contributed by atoms with Gasteiger partial charge in [-0.1, -0.05) is 32.4 Å². The van der Waals surface area contributed by atoms with Crippen LogP contribution in [0.15, 0.2) is 18.2 Å². The lowest BCUT2D eigenvalue weighted by Gasteiger charge is -2.26. The Morgan fingerprint density at radius 1 is 1.20 bits per heavy atom. The molecule has 1 aromatic carbocycles. The Labute approximate surface area is 123 Å². The molecular weight excluding hydrogens is 248 g/mol. The van der Waals surface area contributed by atoms with E-state index in [2.05, 4.69) is 42.3 Å². The number of piperidine rings is 1. The topological polar surface area (TPSA) is 24.5 Å². The second-order valence-electron chi connectivity index (χ2n) is 6.02. The minimum atomic E-state index is 0.493. The monoisotopic (exact) mass is 276 g/mol. The van der Waals surface area contributed by atoms with Crippen LogP contribution in [0.3, 0.4) is 0 Å². The molecule has 0 radical (unpaired) electrons. The molecular formula is C17H28N2O. The Kier molecular flexibility index (Phi) is 5.86. The van der Waals surface area contributed by atoms with Gasteiger partial charge in [-0.25, -0.2) is 0 Å². The summed E-state index contributed by atoms with van der Waals surface area (Å²) >= 11 is 0. The molecule has 1 N–H and O–H groups in total. The Morgan fingerprint density at radius 3 is 2.60 bits per heavy atom. The summed E-state index contributed by atoms with van der Waals surface area (Å²) in [5, 5.41) is 3.45. The van der Waals surface area contributed by atoms with Crippen LogP contribution in [0, 0.1) is 0 Å². The molecule has 0 unspecified atom stereocenters. The average Bonchev–Trinajstić information content (AvgIpc) is 2.46. The summed E-state index contributed by atoms with van der Waals surface area (Å²) in [5.74, 6) is 1.01. The van der Waals surface area contributed by atoms with E-state index in [-0.39, 0.29) is 0 Å². The van der Waals surface area contributed by atoms with Gasteiger partial charge in [0, 0.05) is 24.7 Å². The number of ether oxygens (including phenoxy) is 1. The van der Waals surface area contributed by atoms with Crippen molar-refractivity contribution in [2.24, 2.45) is 0 Å². The molecule has 0 atom stereocenters. The second-order valence-corrected chi connectivity index (χ2v) is 6.02. The van der Waals surface area contributed by atoms with Gasteiger partial charge in [0.15, 0.2) is 0 Å². The summed E-state index contributed by atoms with van der Waals surface area (Å²) in [6, 6.07) is 7.14. The summed E-state index contributed by atoms with van der Waals surface area (Å²) in [6.45, 7) is 8.71. The number of methoxy groups -OCH3 is 1. The van der Waals surface area contributed by atoms with E-state index in [0.29, 0.717) is 6.04 Å². The molecule has 0 amide bonds. The Hall–Kier alpha value is -1.06. The van der Waals surface area contributed by atoms with Crippen molar-refractivity contribution in [3.63, 3.8) is 0 Å². The van der Waals surface area contributed by atoms with E-state index in [9.17, 15) is 0 Å². The third-order valence-corrected chi connectivity index (χ3v) is 3.91. The quantitative estimate of drug-likeness (QED) is 0.863.